The summed E-state index contributed by atoms with van der Waals surface area (Å²) in [5.41, 5.74) is 0. The van der Waals surface area contributed by atoms with Crippen molar-refractivity contribution in [1.82, 2.24) is 15.5 Å². The summed E-state index contributed by atoms with van der Waals surface area (Å²) in [6.45, 7) is 7.66. The molecule has 7 nitrogen and oxygen atoms in total. The van der Waals surface area contributed by atoms with Crippen molar-refractivity contribution in [2.45, 2.75) is 50.7 Å². The van der Waals surface area contributed by atoms with Crippen LogP contribution in [0.15, 0.2) is 4.99 Å². The van der Waals surface area contributed by atoms with E-state index in [0.29, 0.717) is 12.1 Å². The molecule has 8 heteroatoms. The molecule has 0 unspecified atom stereocenters. The van der Waals surface area contributed by atoms with E-state index in [0.717, 1.165) is 84.2 Å². The third-order valence-corrected chi connectivity index (χ3v) is 5.11. The van der Waals surface area contributed by atoms with Gasteiger partial charge in [-0.25, -0.2) is 0 Å². The van der Waals surface area contributed by atoms with Crippen molar-refractivity contribution < 1.29 is 14.2 Å². The minimum absolute atomic E-state index is 0. The van der Waals surface area contributed by atoms with Gasteiger partial charge in [0, 0.05) is 72.8 Å². The zero-order valence-corrected chi connectivity index (χ0v) is 19.4. The molecule has 2 saturated heterocycles. The Morgan fingerprint density at radius 1 is 1.11 bits per heavy atom. The van der Waals surface area contributed by atoms with E-state index in [1.807, 2.05) is 7.05 Å². The van der Waals surface area contributed by atoms with Crippen molar-refractivity contribution in [1.29, 1.82) is 0 Å². The van der Waals surface area contributed by atoms with Gasteiger partial charge in [-0.15, -0.1) is 24.0 Å². The number of piperidine rings is 1. The van der Waals surface area contributed by atoms with E-state index in [-0.39, 0.29) is 24.0 Å². The van der Waals surface area contributed by atoms with E-state index in [1.165, 1.54) is 12.8 Å². The van der Waals surface area contributed by atoms with Crippen molar-refractivity contribution in [3.63, 3.8) is 0 Å². The molecule has 0 aromatic heterocycles. The van der Waals surface area contributed by atoms with Gasteiger partial charge in [0.1, 0.15) is 0 Å². The van der Waals surface area contributed by atoms with Crippen LogP contribution in [0.2, 0.25) is 0 Å². The molecule has 0 saturated carbocycles. The maximum atomic E-state index is 5.91. The Balaban J connectivity index is 0.00000364. The Morgan fingerprint density at radius 3 is 2.52 bits per heavy atom. The molecular formula is C19H39IN4O3. The molecule has 0 aliphatic carbocycles. The summed E-state index contributed by atoms with van der Waals surface area (Å²) in [4.78, 5) is 6.89. The molecule has 0 spiro atoms. The monoisotopic (exact) mass is 498 g/mol. The topological polar surface area (TPSA) is 67.4 Å². The Hall–Kier alpha value is -0.160. The summed E-state index contributed by atoms with van der Waals surface area (Å²) >= 11 is 0. The van der Waals surface area contributed by atoms with Crippen molar-refractivity contribution >= 4 is 29.9 Å². The zero-order valence-electron chi connectivity index (χ0n) is 17.1. The molecule has 2 aliphatic heterocycles. The van der Waals surface area contributed by atoms with E-state index in [9.17, 15) is 0 Å². The Morgan fingerprint density at radius 2 is 1.85 bits per heavy atom. The van der Waals surface area contributed by atoms with Gasteiger partial charge >= 0.3 is 0 Å². The van der Waals surface area contributed by atoms with Crippen molar-refractivity contribution in [2.24, 2.45) is 4.99 Å². The first-order chi connectivity index (χ1) is 12.8. The van der Waals surface area contributed by atoms with Crippen molar-refractivity contribution in [2.75, 3.05) is 66.8 Å². The number of guanidine groups is 1. The normalized spacial score (nSPS) is 20.3. The van der Waals surface area contributed by atoms with Crippen LogP contribution in [0.3, 0.4) is 0 Å². The van der Waals surface area contributed by atoms with Gasteiger partial charge in [-0.05, 0) is 38.5 Å². The lowest BCUT2D eigenvalue weighted by Gasteiger charge is -2.33. The van der Waals surface area contributed by atoms with Gasteiger partial charge in [0.2, 0.25) is 0 Å². The minimum atomic E-state index is 0. The highest BCUT2D eigenvalue weighted by molar-refractivity contribution is 14.0. The zero-order chi connectivity index (χ0) is 18.5. The van der Waals surface area contributed by atoms with Crippen LogP contribution in [0, 0.1) is 0 Å². The van der Waals surface area contributed by atoms with Crippen molar-refractivity contribution in [3.8, 4) is 0 Å². The summed E-state index contributed by atoms with van der Waals surface area (Å²) in [5, 5.41) is 6.98. The number of likely N-dealkylation sites (tertiary alicyclic amines) is 1. The molecule has 0 aromatic rings. The van der Waals surface area contributed by atoms with Crippen LogP contribution in [-0.4, -0.2) is 89.8 Å². The molecule has 2 heterocycles. The summed E-state index contributed by atoms with van der Waals surface area (Å²) in [6.07, 6.45) is 6.89. The van der Waals surface area contributed by atoms with Crippen LogP contribution in [0.4, 0.5) is 0 Å². The van der Waals surface area contributed by atoms with Gasteiger partial charge in [0.05, 0.1) is 6.10 Å². The second kappa shape index (κ2) is 15.7. The number of ether oxygens (including phenoxy) is 3. The maximum Gasteiger partial charge on any atom is 0.191 e. The van der Waals surface area contributed by atoms with Crippen LogP contribution in [0.5, 0.6) is 0 Å². The molecule has 2 N–H and O–H groups in total. The van der Waals surface area contributed by atoms with E-state index in [4.69, 9.17) is 14.2 Å². The van der Waals surface area contributed by atoms with Gasteiger partial charge in [-0.3, -0.25) is 4.99 Å². The van der Waals surface area contributed by atoms with Crippen LogP contribution in [0.1, 0.15) is 38.5 Å². The first-order valence-corrected chi connectivity index (χ1v) is 10.2. The minimum Gasteiger partial charge on any atom is -0.385 e. The highest BCUT2D eigenvalue weighted by atomic mass is 127. The number of nitrogens with zero attached hydrogens (tertiary/aromatic N) is 2. The predicted octanol–water partition coefficient (Wildman–Crippen LogP) is 1.86. The molecule has 0 aromatic carbocycles. The Bertz CT molecular complexity index is 387. The third-order valence-electron chi connectivity index (χ3n) is 5.11. The molecule has 2 aliphatic rings. The Kier molecular flexibility index (Phi) is 14.5. The second-order valence-corrected chi connectivity index (χ2v) is 7.14. The highest BCUT2D eigenvalue weighted by Gasteiger charge is 2.19. The number of rotatable bonds is 10. The number of aliphatic imine (C=N–C) groups is 1. The molecular weight excluding hydrogens is 459 g/mol. The fourth-order valence-corrected chi connectivity index (χ4v) is 3.49. The molecule has 0 radical (unpaired) electrons. The smallest absolute Gasteiger partial charge is 0.191 e. The molecule has 0 amide bonds. The average molecular weight is 498 g/mol. The van der Waals surface area contributed by atoms with Crippen molar-refractivity contribution in [3.05, 3.63) is 0 Å². The summed E-state index contributed by atoms with van der Waals surface area (Å²) in [7, 11) is 3.61. The molecule has 2 fully saturated rings. The van der Waals surface area contributed by atoms with Crippen LogP contribution < -0.4 is 10.6 Å². The summed E-state index contributed by atoms with van der Waals surface area (Å²) in [6, 6.07) is 0.512. The molecule has 2 rings (SSSR count). The maximum absolute atomic E-state index is 5.91. The number of hydrogen-bond donors (Lipinski definition) is 2. The number of methoxy groups -OCH3 is 1. The lowest BCUT2D eigenvalue weighted by molar-refractivity contribution is -0.0320. The van der Waals surface area contributed by atoms with Gasteiger partial charge in [-0.1, -0.05) is 0 Å². The lowest BCUT2D eigenvalue weighted by Crippen LogP contribution is -2.49. The average Bonchev–Trinajstić information content (AvgIpc) is 2.69. The first-order valence-electron chi connectivity index (χ1n) is 10.2. The first kappa shape index (κ1) is 24.9. The number of hydrogen-bond acceptors (Lipinski definition) is 5. The molecule has 0 bridgehead atoms. The standard InChI is InChI=1S/C19H38N4O3.HI/c1-20-19(21-9-3-14-26-18-7-15-25-16-8-18)22-17-5-11-23(12-6-17)10-4-13-24-2;/h17-18H,3-16H2,1-2H3,(H2,20,21,22);1H. The Labute approximate surface area is 182 Å². The fraction of sp³-hybridized carbons (Fsp3) is 0.947. The van der Waals surface area contributed by atoms with E-state index in [2.05, 4.69) is 20.5 Å². The SMILES string of the molecule is CN=C(NCCCOC1CCOCC1)NC1CCN(CCCOC)CC1.I. The highest BCUT2D eigenvalue weighted by Crippen LogP contribution is 2.11. The molecule has 0 atom stereocenters. The largest absolute Gasteiger partial charge is 0.385 e. The van der Waals surface area contributed by atoms with Crippen LogP contribution >= 0.6 is 24.0 Å². The van der Waals surface area contributed by atoms with Gasteiger partial charge in [-0.2, -0.15) is 0 Å². The molecule has 27 heavy (non-hydrogen) atoms. The summed E-state index contributed by atoms with van der Waals surface area (Å²) in [5.74, 6) is 0.911. The van der Waals surface area contributed by atoms with E-state index < -0.39 is 0 Å². The quantitative estimate of drug-likeness (QED) is 0.208. The van der Waals surface area contributed by atoms with Gasteiger partial charge in [0.25, 0.3) is 0 Å². The summed E-state index contributed by atoms with van der Waals surface area (Å²) < 4.78 is 16.4. The number of halogens is 1. The van der Waals surface area contributed by atoms with E-state index >= 15 is 0 Å². The lowest BCUT2D eigenvalue weighted by atomic mass is 10.1. The van der Waals surface area contributed by atoms with E-state index in [1.54, 1.807) is 7.11 Å². The predicted molar refractivity (Wildman–Crippen MR) is 120 cm³/mol. The fourth-order valence-electron chi connectivity index (χ4n) is 3.49. The third kappa shape index (κ3) is 10.8. The second-order valence-electron chi connectivity index (χ2n) is 7.14. The molecule has 160 valence electrons. The van der Waals surface area contributed by atoms with Gasteiger partial charge < -0.3 is 29.7 Å². The van der Waals surface area contributed by atoms with Crippen LogP contribution in [-0.2, 0) is 14.2 Å². The van der Waals surface area contributed by atoms with Crippen LogP contribution in [0.25, 0.3) is 0 Å². The van der Waals surface area contributed by atoms with Gasteiger partial charge in [0.15, 0.2) is 5.96 Å². The number of nitrogens with one attached hydrogen (secondary N) is 2.